The third kappa shape index (κ3) is 4.54. The van der Waals surface area contributed by atoms with Crippen LogP contribution in [-0.4, -0.2) is 22.0 Å². The van der Waals surface area contributed by atoms with E-state index in [1.54, 1.807) is 29.7 Å². The van der Waals surface area contributed by atoms with Crippen LogP contribution in [0.1, 0.15) is 53.2 Å². The molecule has 134 valence electrons. The maximum Gasteiger partial charge on any atom is 0.274 e. The standard InChI is InChI=1S/C17H19Cl2N3O3/c1-17(2,3)13(9-4-6-10(7-5-9)15(23)22-25)21-16(24)12-8-11(18)14(19)20-12/h4-8,13,20,25H,1-3H3,(H,21,24)(H,22,23). The van der Waals surface area contributed by atoms with Crippen LogP contribution < -0.4 is 10.8 Å². The van der Waals surface area contributed by atoms with E-state index in [1.165, 1.54) is 6.07 Å². The van der Waals surface area contributed by atoms with Crippen molar-refractivity contribution in [1.82, 2.24) is 15.8 Å². The molecule has 2 rings (SSSR count). The lowest BCUT2D eigenvalue weighted by molar-refractivity contribution is 0.0706. The van der Waals surface area contributed by atoms with E-state index >= 15 is 0 Å². The zero-order valence-electron chi connectivity index (χ0n) is 14.0. The number of amides is 2. The summed E-state index contributed by atoms with van der Waals surface area (Å²) >= 11 is 11.7. The van der Waals surface area contributed by atoms with Gasteiger partial charge in [-0.1, -0.05) is 56.1 Å². The third-order valence-electron chi connectivity index (χ3n) is 3.72. The van der Waals surface area contributed by atoms with Crippen LogP contribution in [0, 0.1) is 5.41 Å². The number of hydroxylamine groups is 1. The Morgan fingerprint density at radius 2 is 1.72 bits per heavy atom. The molecule has 8 heteroatoms. The van der Waals surface area contributed by atoms with Gasteiger partial charge in [0.05, 0.1) is 11.1 Å². The molecule has 0 bridgehead atoms. The summed E-state index contributed by atoms with van der Waals surface area (Å²) in [6.45, 7) is 5.96. The van der Waals surface area contributed by atoms with Gasteiger partial charge in [0.1, 0.15) is 10.8 Å². The molecule has 1 atom stereocenters. The average molecular weight is 384 g/mol. The molecule has 2 aromatic rings. The Balaban J connectivity index is 2.27. The fourth-order valence-electron chi connectivity index (χ4n) is 2.43. The van der Waals surface area contributed by atoms with Crippen molar-refractivity contribution >= 4 is 35.0 Å². The summed E-state index contributed by atoms with van der Waals surface area (Å²) in [4.78, 5) is 26.7. The van der Waals surface area contributed by atoms with Crippen LogP contribution in [0.3, 0.4) is 0 Å². The van der Waals surface area contributed by atoms with E-state index in [0.717, 1.165) is 5.56 Å². The van der Waals surface area contributed by atoms with E-state index in [-0.39, 0.29) is 33.2 Å². The third-order valence-corrected chi connectivity index (χ3v) is 4.41. The summed E-state index contributed by atoms with van der Waals surface area (Å²) in [7, 11) is 0. The summed E-state index contributed by atoms with van der Waals surface area (Å²) < 4.78 is 0. The van der Waals surface area contributed by atoms with E-state index in [9.17, 15) is 9.59 Å². The van der Waals surface area contributed by atoms with Crippen LogP contribution in [0.2, 0.25) is 10.2 Å². The molecule has 0 saturated carbocycles. The first-order chi connectivity index (χ1) is 11.6. The Bertz CT molecular complexity index is 760. The quantitative estimate of drug-likeness (QED) is 0.475. The molecule has 6 nitrogen and oxygen atoms in total. The summed E-state index contributed by atoms with van der Waals surface area (Å²) in [5, 5.41) is 12.1. The molecular formula is C17H19Cl2N3O3. The summed E-state index contributed by atoms with van der Waals surface area (Å²) in [5.41, 5.74) is 2.68. The Morgan fingerprint density at radius 3 is 2.16 bits per heavy atom. The number of hydrogen-bond acceptors (Lipinski definition) is 3. The number of H-pyrrole nitrogens is 1. The second kappa shape index (κ2) is 7.47. The fourth-order valence-corrected chi connectivity index (χ4v) is 2.74. The van der Waals surface area contributed by atoms with Gasteiger partial charge in [-0.15, -0.1) is 0 Å². The number of carbonyl (C=O) groups excluding carboxylic acids is 2. The maximum absolute atomic E-state index is 12.5. The van der Waals surface area contributed by atoms with E-state index in [2.05, 4.69) is 10.3 Å². The van der Waals surface area contributed by atoms with E-state index in [0.29, 0.717) is 5.56 Å². The Hall–Kier alpha value is -2.02. The minimum Gasteiger partial charge on any atom is -0.343 e. The van der Waals surface area contributed by atoms with Crippen molar-refractivity contribution in [3.8, 4) is 0 Å². The maximum atomic E-state index is 12.5. The highest BCUT2D eigenvalue weighted by Gasteiger charge is 2.29. The van der Waals surface area contributed by atoms with Gasteiger partial charge in [-0.05, 0) is 29.2 Å². The molecule has 1 aromatic carbocycles. The highest BCUT2D eigenvalue weighted by Crippen LogP contribution is 2.33. The van der Waals surface area contributed by atoms with Crippen LogP contribution in [0.15, 0.2) is 30.3 Å². The molecule has 0 aliphatic heterocycles. The SMILES string of the molecule is CC(C)(C)C(NC(=O)c1cc(Cl)c(Cl)[nH]1)c1ccc(C(=O)NO)cc1. The minimum atomic E-state index is -0.599. The van der Waals surface area contributed by atoms with Crippen molar-refractivity contribution in [2.24, 2.45) is 5.41 Å². The number of aromatic amines is 1. The van der Waals surface area contributed by atoms with E-state index < -0.39 is 5.91 Å². The second-order valence-corrected chi connectivity index (χ2v) is 7.47. The van der Waals surface area contributed by atoms with Crippen molar-refractivity contribution in [3.05, 3.63) is 57.3 Å². The topological polar surface area (TPSA) is 94.2 Å². The van der Waals surface area contributed by atoms with Gasteiger partial charge in [0.25, 0.3) is 11.8 Å². The molecule has 25 heavy (non-hydrogen) atoms. The van der Waals surface area contributed by atoms with Crippen molar-refractivity contribution in [3.63, 3.8) is 0 Å². The first-order valence-corrected chi connectivity index (χ1v) is 8.28. The lowest BCUT2D eigenvalue weighted by Gasteiger charge is -2.32. The Labute approximate surface area is 155 Å². The van der Waals surface area contributed by atoms with Gasteiger partial charge >= 0.3 is 0 Å². The van der Waals surface area contributed by atoms with Crippen molar-refractivity contribution < 1.29 is 14.8 Å². The van der Waals surface area contributed by atoms with Crippen LogP contribution in [0.4, 0.5) is 0 Å². The molecule has 0 aliphatic carbocycles. The average Bonchev–Trinajstić information content (AvgIpc) is 2.90. The van der Waals surface area contributed by atoms with Crippen molar-refractivity contribution in [2.45, 2.75) is 26.8 Å². The molecule has 0 aliphatic rings. The number of carbonyl (C=O) groups is 2. The van der Waals surface area contributed by atoms with Crippen molar-refractivity contribution in [1.29, 1.82) is 0 Å². The monoisotopic (exact) mass is 383 g/mol. The molecule has 2 amide bonds. The largest absolute Gasteiger partial charge is 0.343 e. The number of hydrogen-bond donors (Lipinski definition) is 4. The highest BCUT2D eigenvalue weighted by molar-refractivity contribution is 6.41. The van der Waals surface area contributed by atoms with Gasteiger partial charge in [0.15, 0.2) is 0 Å². The highest BCUT2D eigenvalue weighted by atomic mass is 35.5. The number of aromatic nitrogens is 1. The predicted octanol–water partition coefficient (Wildman–Crippen LogP) is 3.96. The van der Waals surface area contributed by atoms with Gasteiger partial charge in [-0.25, -0.2) is 5.48 Å². The van der Waals surface area contributed by atoms with Crippen LogP contribution in [0.5, 0.6) is 0 Å². The van der Waals surface area contributed by atoms with Crippen molar-refractivity contribution in [2.75, 3.05) is 0 Å². The van der Waals surface area contributed by atoms with E-state index in [1.807, 2.05) is 20.8 Å². The fraction of sp³-hybridized carbons (Fsp3) is 0.294. The molecule has 4 N–H and O–H groups in total. The molecule has 1 unspecified atom stereocenters. The first kappa shape index (κ1) is 19.3. The minimum absolute atomic E-state index is 0.207. The lowest BCUT2D eigenvalue weighted by Crippen LogP contribution is -2.36. The molecular weight excluding hydrogens is 365 g/mol. The normalized spacial score (nSPS) is 12.6. The van der Waals surface area contributed by atoms with Gasteiger partial charge in [0.2, 0.25) is 0 Å². The van der Waals surface area contributed by atoms with E-state index in [4.69, 9.17) is 28.4 Å². The number of benzene rings is 1. The lowest BCUT2D eigenvalue weighted by atomic mass is 9.82. The zero-order valence-corrected chi connectivity index (χ0v) is 15.5. The molecule has 0 spiro atoms. The van der Waals surface area contributed by atoms with Gasteiger partial charge in [0, 0.05) is 5.56 Å². The summed E-state index contributed by atoms with van der Waals surface area (Å²) in [6.07, 6.45) is 0. The van der Waals surface area contributed by atoms with Crippen LogP contribution in [-0.2, 0) is 0 Å². The zero-order chi connectivity index (χ0) is 18.8. The van der Waals surface area contributed by atoms with Gasteiger partial charge < -0.3 is 10.3 Å². The molecule has 0 saturated heterocycles. The smallest absolute Gasteiger partial charge is 0.274 e. The Morgan fingerprint density at radius 1 is 1.12 bits per heavy atom. The van der Waals surface area contributed by atoms with Crippen LogP contribution >= 0.6 is 23.2 Å². The van der Waals surface area contributed by atoms with Crippen LogP contribution in [0.25, 0.3) is 0 Å². The number of halogens is 2. The van der Waals surface area contributed by atoms with Gasteiger partial charge in [-0.2, -0.15) is 0 Å². The molecule has 1 heterocycles. The molecule has 1 aromatic heterocycles. The molecule has 0 radical (unpaired) electrons. The first-order valence-electron chi connectivity index (χ1n) is 7.52. The number of rotatable bonds is 4. The summed E-state index contributed by atoms with van der Waals surface area (Å²) in [6, 6.07) is 7.76. The summed E-state index contributed by atoms with van der Waals surface area (Å²) in [5.74, 6) is -0.940. The molecule has 0 fully saturated rings. The number of nitrogens with one attached hydrogen (secondary N) is 3. The Kier molecular flexibility index (Phi) is 5.77. The predicted molar refractivity (Wildman–Crippen MR) is 96.2 cm³/mol. The second-order valence-electron chi connectivity index (χ2n) is 6.68. The van der Waals surface area contributed by atoms with Gasteiger partial charge in [-0.3, -0.25) is 14.8 Å².